The molecule has 1 heterocycles. The number of amides is 4. The van der Waals surface area contributed by atoms with Gasteiger partial charge in [0.05, 0.1) is 5.57 Å². The monoisotopic (exact) mass is 338 g/mol. The maximum atomic E-state index is 12.5. The quantitative estimate of drug-likeness (QED) is 0.439. The van der Waals surface area contributed by atoms with E-state index in [-0.39, 0.29) is 5.57 Å². The lowest BCUT2D eigenvalue weighted by Gasteiger charge is -2.34. The molecule has 0 radical (unpaired) electrons. The molecule has 0 spiro atoms. The van der Waals surface area contributed by atoms with Crippen LogP contribution in [-0.2, 0) is 9.59 Å². The van der Waals surface area contributed by atoms with Crippen LogP contribution in [0.5, 0.6) is 0 Å². The lowest BCUT2D eigenvalue weighted by molar-refractivity contribution is -0.136. The predicted octanol–water partition coefficient (Wildman–Crippen LogP) is 1.02. The van der Waals surface area contributed by atoms with Crippen LogP contribution in [0.4, 0.5) is 4.79 Å². The fraction of sp³-hybridized carbons (Fsp3) is 0.706. The molecule has 0 aromatic rings. The van der Waals surface area contributed by atoms with Crippen molar-refractivity contribution in [2.24, 2.45) is 0 Å². The Balaban J connectivity index is 2.68. The van der Waals surface area contributed by atoms with Gasteiger partial charge >= 0.3 is 6.03 Å². The van der Waals surface area contributed by atoms with Crippen LogP contribution in [0.3, 0.4) is 0 Å². The topological polar surface area (TPSA) is 64.2 Å². The molecular weight excluding hydrogens is 308 g/mol. The number of rotatable bonds is 10. The maximum Gasteiger partial charge on any atom is 0.333 e. The first kappa shape index (κ1) is 20.3. The van der Waals surface area contributed by atoms with E-state index in [4.69, 9.17) is 0 Å². The van der Waals surface area contributed by atoms with Gasteiger partial charge in [0, 0.05) is 13.1 Å². The number of hydrogen-bond acceptors (Lipinski definition) is 5. The molecule has 4 amide bonds. The Labute approximate surface area is 144 Å². The van der Waals surface area contributed by atoms with Crippen LogP contribution in [0.25, 0.3) is 0 Å². The number of barbiturate groups is 1. The summed E-state index contributed by atoms with van der Waals surface area (Å²) in [6, 6.07) is -0.518. The van der Waals surface area contributed by atoms with E-state index in [1.807, 2.05) is 27.9 Å². The second kappa shape index (κ2) is 9.54. The Morgan fingerprint density at radius 3 is 1.54 bits per heavy atom. The second-order valence-electron chi connectivity index (χ2n) is 6.17. The molecule has 0 unspecified atom stereocenters. The van der Waals surface area contributed by atoms with Gasteiger partial charge in [-0.3, -0.25) is 19.4 Å². The molecule has 0 aliphatic carbocycles. The molecule has 1 fully saturated rings. The Morgan fingerprint density at radius 1 is 0.833 bits per heavy atom. The van der Waals surface area contributed by atoms with Crippen molar-refractivity contribution in [1.29, 1.82) is 0 Å². The van der Waals surface area contributed by atoms with Crippen LogP contribution >= 0.6 is 0 Å². The summed E-state index contributed by atoms with van der Waals surface area (Å²) >= 11 is 0. The van der Waals surface area contributed by atoms with Crippen molar-refractivity contribution in [3.8, 4) is 0 Å². The van der Waals surface area contributed by atoms with E-state index >= 15 is 0 Å². The van der Waals surface area contributed by atoms with E-state index < -0.39 is 17.8 Å². The van der Waals surface area contributed by atoms with Crippen molar-refractivity contribution in [2.45, 2.75) is 26.7 Å². The highest BCUT2D eigenvalue weighted by Crippen LogP contribution is 2.17. The first-order valence-electron chi connectivity index (χ1n) is 8.57. The number of nitrogens with zero attached hydrogens (tertiary/aromatic N) is 4. The third-order valence-electron chi connectivity index (χ3n) is 4.39. The number of carbonyl (C=O) groups excluding carboxylic acids is 3. The summed E-state index contributed by atoms with van der Waals surface area (Å²) in [6.45, 7) is 11.7. The van der Waals surface area contributed by atoms with Crippen molar-refractivity contribution in [3.63, 3.8) is 0 Å². The van der Waals surface area contributed by atoms with Gasteiger partial charge in [0.15, 0.2) is 0 Å². The fourth-order valence-corrected chi connectivity index (χ4v) is 2.44. The smallest absolute Gasteiger partial charge is 0.307 e. The molecule has 0 N–H and O–H groups in total. The van der Waals surface area contributed by atoms with Crippen LogP contribution in [0.15, 0.2) is 12.2 Å². The van der Waals surface area contributed by atoms with E-state index in [1.165, 1.54) is 0 Å². The molecule has 7 nitrogen and oxygen atoms in total. The molecule has 1 rings (SSSR count). The van der Waals surface area contributed by atoms with Gasteiger partial charge < -0.3 is 9.80 Å². The highest BCUT2D eigenvalue weighted by Gasteiger charge is 2.40. The Kier molecular flexibility index (Phi) is 8.07. The summed E-state index contributed by atoms with van der Waals surface area (Å²) in [6.07, 6.45) is 1.35. The molecule has 24 heavy (non-hydrogen) atoms. The lowest BCUT2D eigenvalue weighted by atomic mass is 10.1. The van der Waals surface area contributed by atoms with Gasteiger partial charge in [0.25, 0.3) is 11.8 Å². The minimum atomic E-state index is -0.564. The third kappa shape index (κ3) is 5.14. The zero-order valence-corrected chi connectivity index (χ0v) is 15.4. The van der Waals surface area contributed by atoms with Gasteiger partial charge in [0.2, 0.25) is 0 Å². The molecule has 0 aromatic carbocycles. The van der Waals surface area contributed by atoms with E-state index in [9.17, 15) is 14.4 Å². The molecule has 1 aliphatic heterocycles. The summed E-state index contributed by atoms with van der Waals surface area (Å²) in [5.41, 5.74) is -0.123. The normalized spacial score (nSPS) is 16.1. The average molecular weight is 338 g/mol. The van der Waals surface area contributed by atoms with E-state index in [2.05, 4.69) is 16.4 Å². The molecule has 0 atom stereocenters. The summed E-state index contributed by atoms with van der Waals surface area (Å²) < 4.78 is 0. The first-order valence-corrected chi connectivity index (χ1v) is 8.57. The van der Waals surface area contributed by atoms with Crippen LogP contribution < -0.4 is 0 Å². The van der Waals surface area contributed by atoms with E-state index in [0.29, 0.717) is 25.9 Å². The molecule has 0 saturated carbocycles. The van der Waals surface area contributed by atoms with Gasteiger partial charge in [0.1, 0.15) is 0 Å². The van der Waals surface area contributed by atoms with Gasteiger partial charge in [-0.1, -0.05) is 20.4 Å². The molecule has 1 saturated heterocycles. The molecular formula is C17H30N4O3. The van der Waals surface area contributed by atoms with Gasteiger partial charge in [-0.15, -0.1) is 0 Å². The van der Waals surface area contributed by atoms with Crippen LogP contribution in [-0.4, -0.2) is 90.8 Å². The molecule has 1 aliphatic rings. The summed E-state index contributed by atoms with van der Waals surface area (Å²) in [4.78, 5) is 43.4. The third-order valence-corrected chi connectivity index (χ3v) is 4.39. The number of carbonyl (C=O) groups is 3. The second-order valence-corrected chi connectivity index (χ2v) is 6.17. The number of urea groups is 1. The van der Waals surface area contributed by atoms with Crippen LogP contribution in [0, 0.1) is 0 Å². The van der Waals surface area contributed by atoms with Crippen molar-refractivity contribution in [3.05, 3.63) is 12.2 Å². The highest BCUT2D eigenvalue weighted by atomic mass is 16.2. The molecule has 136 valence electrons. The van der Waals surface area contributed by atoms with Gasteiger partial charge in [-0.25, -0.2) is 4.79 Å². The van der Waals surface area contributed by atoms with Crippen molar-refractivity contribution in [1.82, 2.24) is 19.6 Å². The predicted molar refractivity (Wildman–Crippen MR) is 93.5 cm³/mol. The van der Waals surface area contributed by atoms with Crippen molar-refractivity contribution in [2.75, 3.05) is 53.4 Å². The van der Waals surface area contributed by atoms with Crippen molar-refractivity contribution < 1.29 is 14.4 Å². The highest BCUT2D eigenvalue weighted by molar-refractivity contribution is 6.28. The van der Waals surface area contributed by atoms with E-state index in [0.717, 1.165) is 36.0 Å². The average Bonchev–Trinajstić information content (AvgIpc) is 2.58. The Bertz CT molecular complexity index is 452. The van der Waals surface area contributed by atoms with Crippen LogP contribution in [0.1, 0.15) is 26.7 Å². The number of imide groups is 2. The Hall–Kier alpha value is -1.73. The summed E-state index contributed by atoms with van der Waals surface area (Å²) in [5, 5.41) is 0. The SMILES string of the molecule is C=C1C(=O)N(CCCN(C)CC)C(=O)N(CCCN(C)CC)C1=O. The number of hydrogen-bond donors (Lipinski definition) is 0. The lowest BCUT2D eigenvalue weighted by Crippen LogP contribution is -2.56. The van der Waals surface area contributed by atoms with E-state index in [1.54, 1.807) is 0 Å². The molecule has 0 aromatic heterocycles. The zero-order chi connectivity index (χ0) is 18.3. The largest absolute Gasteiger partial charge is 0.333 e. The minimum absolute atomic E-state index is 0.123. The van der Waals surface area contributed by atoms with Crippen molar-refractivity contribution >= 4 is 17.8 Å². The standard InChI is InChI=1S/C17H30N4O3/c1-6-18(4)10-8-12-20-15(22)14(3)16(23)21(17(20)24)13-9-11-19(5)7-2/h3,6-13H2,1-2,4-5H3. The zero-order valence-electron chi connectivity index (χ0n) is 15.4. The first-order chi connectivity index (χ1) is 11.3. The fourth-order valence-electron chi connectivity index (χ4n) is 2.44. The maximum absolute atomic E-state index is 12.5. The molecule has 7 heteroatoms. The molecule has 0 bridgehead atoms. The minimum Gasteiger partial charge on any atom is -0.307 e. The summed E-state index contributed by atoms with van der Waals surface area (Å²) in [7, 11) is 3.97. The van der Waals surface area contributed by atoms with Gasteiger partial charge in [-0.05, 0) is 53.1 Å². The Morgan fingerprint density at radius 2 is 1.21 bits per heavy atom. The van der Waals surface area contributed by atoms with Gasteiger partial charge in [-0.2, -0.15) is 0 Å². The van der Waals surface area contributed by atoms with Crippen LogP contribution in [0.2, 0.25) is 0 Å². The summed E-state index contributed by atoms with van der Waals surface area (Å²) in [5.74, 6) is -1.13.